The molecule has 2 heteroatoms. The Morgan fingerprint density at radius 3 is 2.22 bits per heavy atom. The molecule has 0 radical (unpaired) electrons. The highest BCUT2D eigenvalue weighted by Gasteiger charge is 1.83. The molecule has 0 spiro atoms. The first-order valence-corrected chi connectivity index (χ1v) is 3.80. The van der Waals surface area contributed by atoms with Crippen LogP contribution < -0.4 is 0 Å². The largest absolute Gasteiger partial charge is 0.674 e. The van der Waals surface area contributed by atoms with E-state index in [9.17, 15) is 0 Å². The zero-order chi connectivity index (χ0) is 6.69. The van der Waals surface area contributed by atoms with Gasteiger partial charge >= 0.3 is 0 Å². The molecule has 0 aliphatic heterocycles. The maximum absolute atomic E-state index is 7.01. The molecule has 0 aromatic heterocycles. The molecule has 0 bridgehead atoms. The Hall–Kier alpha value is -0.0900. The molecule has 48 valence electrons. The molecule has 0 atom stereocenters. The standard InChI is InChI=1S/C7H7IN/c8-7-3-1-6(5-9)2-4-7/h1-4,9H,5H2/q-1. The molecular weight excluding hydrogens is 225 g/mol. The smallest absolute Gasteiger partial charge is 0.0130 e. The van der Waals surface area contributed by atoms with Gasteiger partial charge < -0.3 is 5.73 Å². The average molecular weight is 232 g/mol. The third-order valence-corrected chi connectivity index (χ3v) is 1.84. The summed E-state index contributed by atoms with van der Waals surface area (Å²) >= 11 is 2.25. The van der Waals surface area contributed by atoms with Crippen molar-refractivity contribution >= 4 is 22.6 Å². The Kier molecular flexibility index (Phi) is 2.48. The molecule has 0 saturated carbocycles. The van der Waals surface area contributed by atoms with Crippen molar-refractivity contribution in [2.24, 2.45) is 0 Å². The maximum Gasteiger partial charge on any atom is 0.0130 e. The van der Waals surface area contributed by atoms with Crippen LogP contribution >= 0.6 is 22.6 Å². The van der Waals surface area contributed by atoms with Crippen LogP contribution in [-0.2, 0) is 6.54 Å². The van der Waals surface area contributed by atoms with Gasteiger partial charge in [0, 0.05) is 3.57 Å². The molecule has 1 N–H and O–H groups in total. The summed E-state index contributed by atoms with van der Waals surface area (Å²) in [6.45, 7) is 0.386. The summed E-state index contributed by atoms with van der Waals surface area (Å²) in [5.41, 5.74) is 8.09. The maximum atomic E-state index is 7.01. The topological polar surface area (TPSA) is 23.8 Å². The summed E-state index contributed by atoms with van der Waals surface area (Å²) in [6.07, 6.45) is 0. The minimum Gasteiger partial charge on any atom is -0.674 e. The minimum atomic E-state index is 0.386. The Labute approximate surface area is 68.4 Å². The predicted octanol–water partition coefficient (Wildman–Crippen LogP) is 2.84. The van der Waals surface area contributed by atoms with Gasteiger partial charge in [0.05, 0.1) is 0 Å². The van der Waals surface area contributed by atoms with Gasteiger partial charge in [0.1, 0.15) is 0 Å². The second-order valence-electron chi connectivity index (χ2n) is 1.80. The van der Waals surface area contributed by atoms with Gasteiger partial charge in [0.25, 0.3) is 0 Å². The molecule has 0 unspecified atom stereocenters. The Morgan fingerprint density at radius 1 is 1.22 bits per heavy atom. The van der Waals surface area contributed by atoms with Crippen LogP contribution in [-0.4, -0.2) is 0 Å². The number of benzene rings is 1. The van der Waals surface area contributed by atoms with Crippen LogP contribution in [0.3, 0.4) is 0 Å². The van der Waals surface area contributed by atoms with Gasteiger partial charge in [-0.2, -0.15) is 0 Å². The van der Waals surface area contributed by atoms with E-state index in [-0.39, 0.29) is 0 Å². The van der Waals surface area contributed by atoms with Gasteiger partial charge in [0.2, 0.25) is 0 Å². The van der Waals surface area contributed by atoms with Gasteiger partial charge in [-0.25, -0.2) is 0 Å². The van der Waals surface area contributed by atoms with Gasteiger partial charge in [-0.1, -0.05) is 17.7 Å². The number of nitrogens with one attached hydrogen (secondary N) is 1. The Morgan fingerprint density at radius 2 is 1.78 bits per heavy atom. The van der Waals surface area contributed by atoms with Crippen LogP contribution in [0.5, 0.6) is 0 Å². The molecule has 1 aromatic rings. The molecule has 0 amide bonds. The summed E-state index contributed by atoms with van der Waals surface area (Å²) in [5, 5.41) is 0. The van der Waals surface area contributed by atoms with E-state index in [1.807, 2.05) is 24.3 Å². The Bertz CT molecular complexity index is 181. The van der Waals surface area contributed by atoms with Crippen LogP contribution in [0, 0.1) is 3.57 Å². The van der Waals surface area contributed by atoms with Gasteiger partial charge in [0.15, 0.2) is 0 Å². The van der Waals surface area contributed by atoms with E-state index >= 15 is 0 Å². The highest BCUT2D eigenvalue weighted by molar-refractivity contribution is 14.1. The molecule has 0 aliphatic rings. The predicted molar refractivity (Wildman–Crippen MR) is 47.2 cm³/mol. The van der Waals surface area contributed by atoms with Crippen molar-refractivity contribution in [1.82, 2.24) is 0 Å². The van der Waals surface area contributed by atoms with Crippen LogP contribution in [0.4, 0.5) is 0 Å². The molecule has 1 nitrogen and oxygen atoms in total. The van der Waals surface area contributed by atoms with Gasteiger partial charge in [-0.15, -0.1) is 6.54 Å². The lowest BCUT2D eigenvalue weighted by Gasteiger charge is -1.99. The summed E-state index contributed by atoms with van der Waals surface area (Å²) in [6, 6.07) is 8.00. The lowest BCUT2D eigenvalue weighted by Crippen LogP contribution is -1.76. The van der Waals surface area contributed by atoms with E-state index in [0.717, 1.165) is 5.56 Å². The van der Waals surface area contributed by atoms with Crippen molar-refractivity contribution in [3.63, 3.8) is 0 Å². The third-order valence-electron chi connectivity index (χ3n) is 1.12. The zero-order valence-electron chi connectivity index (χ0n) is 4.89. The van der Waals surface area contributed by atoms with Crippen LogP contribution in [0.2, 0.25) is 0 Å². The number of rotatable bonds is 1. The highest BCUT2D eigenvalue weighted by atomic mass is 127. The monoisotopic (exact) mass is 232 g/mol. The second-order valence-corrected chi connectivity index (χ2v) is 3.05. The van der Waals surface area contributed by atoms with Crippen LogP contribution in [0.25, 0.3) is 5.73 Å². The molecule has 0 heterocycles. The molecule has 1 aromatic carbocycles. The minimum absolute atomic E-state index is 0.386. The first kappa shape index (κ1) is 7.02. The third kappa shape index (κ3) is 1.95. The van der Waals surface area contributed by atoms with Gasteiger partial charge in [-0.05, 0) is 34.7 Å². The SMILES string of the molecule is [NH-]Cc1ccc(I)cc1. The molecule has 0 fully saturated rings. The number of halogens is 1. The highest BCUT2D eigenvalue weighted by Crippen LogP contribution is 2.06. The number of hydrogen-bond acceptors (Lipinski definition) is 0. The molecular formula is C7H7IN-. The molecule has 0 aliphatic carbocycles. The fraction of sp³-hybridized carbons (Fsp3) is 0.143. The lowest BCUT2D eigenvalue weighted by atomic mass is 10.2. The van der Waals surface area contributed by atoms with Crippen molar-refractivity contribution in [3.05, 3.63) is 39.1 Å². The fourth-order valence-corrected chi connectivity index (χ4v) is 0.962. The van der Waals surface area contributed by atoms with Crippen molar-refractivity contribution in [2.75, 3.05) is 0 Å². The van der Waals surface area contributed by atoms with E-state index in [1.54, 1.807) is 0 Å². The summed E-state index contributed by atoms with van der Waals surface area (Å²) in [4.78, 5) is 0. The van der Waals surface area contributed by atoms with E-state index in [2.05, 4.69) is 22.6 Å². The summed E-state index contributed by atoms with van der Waals surface area (Å²) in [5.74, 6) is 0. The lowest BCUT2D eigenvalue weighted by molar-refractivity contribution is 1.28. The van der Waals surface area contributed by atoms with Crippen molar-refractivity contribution in [1.29, 1.82) is 0 Å². The van der Waals surface area contributed by atoms with E-state index < -0.39 is 0 Å². The second kappa shape index (κ2) is 3.17. The quantitative estimate of drug-likeness (QED) is 0.665. The van der Waals surface area contributed by atoms with Crippen LogP contribution in [0.1, 0.15) is 5.56 Å². The number of hydrogen-bond donors (Lipinski definition) is 0. The normalized spacial score (nSPS) is 9.56. The van der Waals surface area contributed by atoms with Crippen LogP contribution in [0.15, 0.2) is 24.3 Å². The molecule has 1 rings (SSSR count). The van der Waals surface area contributed by atoms with Crippen molar-refractivity contribution in [3.8, 4) is 0 Å². The Balaban J connectivity index is 2.88. The first-order valence-electron chi connectivity index (χ1n) is 2.72. The summed E-state index contributed by atoms with van der Waals surface area (Å²) < 4.78 is 1.23. The average Bonchev–Trinajstić information content (AvgIpc) is 1.90. The zero-order valence-corrected chi connectivity index (χ0v) is 7.05. The van der Waals surface area contributed by atoms with Crippen molar-refractivity contribution < 1.29 is 0 Å². The van der Waals surface area contributed by atoms with E-state index in [0.29, 0.717) is 6.54 Å². The molecule has 0 saturated heterocycles. The van der Waals surface area contributed by atoms with E-state index in [1.165, 1.54) is 3.57 Å². The van der Waals surface area contributed by atoms with E-state index in [4.69, 9.17) is 5.73 Å². The van der Waals surface area contributed by atoms with Crippen molar-refractivity contribution in [2.45, 2.75) is 6.54 Å². The summed E-state index contributed by atoms with van der Waals surface area (Å²) in [7, 11) is 0. The molecule has 9 heavy (non-hydrogen) atoms. The first-order chi connectivity index (χ1) is 4.33. The van der Waals surface area contributed by atoms with Gasteiger partial charge in [-0.3, -0.25) is 0 Å². The fourth-order valence-electron chi connectivity index (χ4n) is 0.602.